The van der Waals surface area contributed by atoms with E-state index in [0.29, 0.717) is 5.92 Å². The number of halogens is 1. The molecule has 3 unspecified atom stereocenters. The Hall–Kier alpha value is -0.870. The summed E-state index contributed by atoms with van der Waals surface area (Å²) < 4.78 is 1.09. The number of fused-ring (bicyclic) bond motifs is 1. The Labute approximate surface area is 115 Å². The maximum Gasteiger partial charge on any atom is 0.237 e. The lowest BCUT2D eigenvalue weighted by atomic mass is 9.72. The molecule has 1 aromatic rings. The van der Waals surface area contributed by atoms with Crippen LogP contribution in [0.4, 0.5) is 0 Å². The van der Waals surface area contributed by atoms with Crippen LogP contribution in [-0.2, 0) is 4.79 Å². The predicted molar refractivity (Wildman–Crippen MR) is 73.6 cm³/mol. The molecule has 3 nitrogen and oxygen atoms in total. The van der Waals surface area contributed by atoms with Crippen molar-refractivity contribution in [3.05, 3.63) is 34.3 Å². The SMILES string of the molecule is O=C1NNC(c2ccc(Br)cc2)C2CCCCC12. The molecule has 4 heteroatoms. The normalized spacial score (nSPS) is 31.6. The van der Waals surface area contributed by atoms with Crippen LogP contribution in [0.25, 0.3) is 0 Å². The van der Waals surface area contributed by atoms with Crippen molar-refractivity contribution >= 4 is 21.8 Å². The first kappa shape index (κ1) is 12.2. The van der Waals surface area contributed by atoms with E-state index < -0.39 is 0 Å². The summed E-state index contributed by atoms with van der Waals surface area (Å²) in [5.74, 6) is 0.801. The van der Waals surface area contributed by atoms with Gasteiger partial charge in [-0.2, -0.15) is 0 Å². The van der Waals surface area contributed by atoms with Crippen molar-refractivity contribution in [3.8, 4) is 0 Å². The summed E-state index contributed by atoms with van der Waals surface area (Å²) >= 11 is 3.46. The zero-order chi connectivity index (χ0) is 12.5. The van der Waals surface area contributed by atoms with Crippen molar-refractivity contribution in [3.63, 3.8) is 0 Å². The smallest absolute Gasteiger partial charge is 0.237 e. The van der Waals surface area contributed by atoms with E-state index in [0.717, 1.165) is 17.3 Å². The van der Waals surface area contributed by atoms with Crippen LogP contribution in [0.1, 0.15) is 37.3 Å². The van der Waals surface area contributed by atoms with E-state index in [-0.39, 0.29) is 17.9 Å². The fourth-order valence-electron chi connectivity index (χ4n) is 3.23. The van der Waals surface area contributed by atoms with Crippen LogP contribution < -0.4 is 10.9 Å². The van der Waals surface area contributed by atoms with Gasteiger partial charge in [-0.1, -0.05) is 40.9 Å². The average molecular weight is 309 g/mol. The molecule has 0 aromatic heterocycles. The van der Waals surface area contributed by atoms with E-state index in [1.807, 2.05) is 0 Å². The highest BCUT2D eigenvalue weighted by Crippen LogP contribution is 2.40. The largest absolute Gasteiger partial charge is 0.291 e. The monoisotopic (exact) mass is 308 g/mol. The van der Waals surface area contributed by atoms with Gasteiger partial charge in [-0.25, -0.2) is 5.43 Å². The highest BCUT2D eigenvalue weighted by atomic mass is 79.9. The number of amides is 1. The van der Waals surface area contributed by atoms with E-state index in [2.05, 4.69) is 51.0 Å². The van der Waals surface area contributed by atoms with E-state index in [1.165, 1.54) is 18.4 Å². The second-order valence-corrected chi connectivity index (χ2v) is 6.13. The van der Waals surface area contributed by atoms with Gasteiger partial charge in [-0.3, -0.25) is 10.2 Å². The molecule has 1 amide bonds. The minimum Gasteiger partial charge on any atom is -0.291 e. The van der Waals surface area contributed by atoms with Crippen molar-refractivity contribution in [2.24, 2.45) is 11.8 Å². The first-order chi connectivity index (χ1) is 8.75. The number of carbonyl (C=O) groups excluding carboxylic acids is 1. The zero-order valence-electron chi connectivity index (χ0n) is 10.2. The van der Waals surface area contributed by atoms with Gasteiger partial charge in [-0.05, 0) is 36.5 Å². The molecule has 3 atom stereocenters. The molecule has 2 N–H and O–H groups in total. The summed E-state index contributed by atoms with van der Waals surface area (Å²) in [4.78, 5) is 11.9. The molecule has 96 valence electrons. The zero-order valence-corrected chi connectivity index (χ0v) is 11.7. The van der Waals surface area contributed by atoms with E-state index in [4.69, 9.17) is 0 Å². The maximum absolute atomic E-state index is 11.9. The minimum atomic E-state index is 0.174. The average Bonchev–Trinajstić information content (AvgIpc) is 2.41. The lowest BCUT2D eigenvalue weighted by Gasteiger charge is -2.41. The number of hydrazine groups is 1. The van der Waals surface area contributed by atoms with Gasteiger partial charge in [0.15, 0.2) is 0 Å². The maximum atomic E-state index is 11.9. The van der Waals surface area contributed by atoms with Crippen LogP contribution in [0.2, 0.25) is 0 Å². The van der Waals surface area contributed by atoms with E-state index >= 15 is 0 Å². The van der Waals surface area contributed by atoms with Crippen LogP contribution in [0.5, 0.6) is 0 Å². The van der Waals surface area contributed by atoms with Crippen LogP contribution in [-0.4, -0.2) is 5.91 Å². The van der Waals surface area contributed by atoms with Crippen molar-refractivity contribution in [2.45, 2.75) is 31.7 Å². The summed E-state index contributed by atoms with van der Waals surface area (Å²) in [5, 5.41) is 0. The van der Waals surface area contributed by atoms with Gasteiger partial charge < -0.3 is 0 Å². The Morgan fingerprint density at radius 3 is 2.61 bits per heavy atom. The van der Waals surface area contributed by atoms with Gasteiger partial charge in [0.2, 0.25) is 5.91 Å². The molecule has 1 saturated carbocycles. The van der Waals surface area contributed by atoms with E-state index in [1.54, 1.807) is 0 Å². The van der Waals surface area contributed by atoms with Gasteiger partial charge in [0.1, 0.15) is 0 Å². The molecule has 0 spiro atoms. The van der Waals surface area contributed by atoms with Crippen LogP contribution in [0.3, 0.4) is 0 Å². The Bertz CT molecular complexity index is 446. The first-order valence-corrected chi connectivity index (χ1v) is 7.36. The molecular weight excluding hydrogens is 292 g/mol. The third-order valence-corrected chi connectivity index (χ3v) is 4.69. The summed E-state index contributed by atoms with van der Waals surface area (Å²) in [7, 11) is 0. The number of carbonyl (C=O) groups is 1. The van der Waals surface area contributed by atoms with Crippen LogP contribution in [0, 0.1) is 11.8 Å². The van der Waals surface area contributed by atoms with Gasteiger partial charge in [0, 0.05) is 10.4 Å². The molecule has 1 aromatic carbocycles. The van der Waals surface area contributed by atoms with Gasteiger partial charge in [0.05, 0.1) is 6.04 Å². The Morgan fingerprint density at radius 1 is 1.11 bits per heavy atom. The molecule has 18 heavy (non-hydrogen) atoms. The van der Waals surface area contributed by atoms with Crippen LogP contribution >= 0.6 is 15.9 Å². The quantitative estimate of drug-likeness (QED) is 0.837. The predicted octanol–water partition coefficient (Wildman–Crippen LogP) is 2.93. The number of hydrogen-bond donors (Lipinski definition) is 2. The molecule has 1 saturated heterocycles. The number of benzene rings is 1. The van der Waals surface area contributed by atoms with Crippen molar-refractivity contribution in [1.29, 1.82) is 0 Å². The number of hydrogen-bond acceptors (Lipinski definition) is 2. The summed E-state index contributed by atoms with van der Waals surface area (Å²) in [6.45, 7) is 0. The molecule has 0 radical (unpaired) electrons. The van der Waals surface area contributed by atoms with Crippen molar-refractivity contribution in [1.82, 2.24) is 10.9 Å². The number of nitrogens with one attached hydrogen (secondary N) is 2. The highest BCUT2D eigenvalue weighted by molar-refractivity contribution is 9.10. The third kappa shape index (κ3) is 2.19. The Morgan fingerprint density at radius 2 is 1.83 bits per heavy atom. The molecule has 1 aliphatic heterocycles. The molecule has 1 heterocycles. The first-order valence-electron chi connectivity index (χ1n) is 6.56. The second kappa shape index (κ2) is 5.02. The molecule has 2 fully saturated rings. The standard InChI is InChI=1S/C14H17BrN2O/c15-10-7-5-9(6-8-10)13-11-3-1-2-4-12(11)14(18)17-16-13/h5-8,11-13,16H,1-4H2,(H,17,18). The van der Waals surface area contributed by atoms with Gasteiger partial charge >= 0.3 is 0 Å². The minimum absolute atomic E-state index is 0.174. The van der Waals surface area contributed by atoms with Crippen LogP contribution in [0.15, 0.2) is 28.7 Å². The van der Waals surface area contributed by atoms with Gasteiger partial charge in [0.25, 0.3) is 0 Å². The molecule has 3 rings (SSSR count). The topological polar surface area (TPSA) is 41.1 Å². The molecule has 1 aliphatic carbocycles. The second-order valence-electron chi connectivity index (χ2n) is 5.22. The summed E-state index contributed by atoms with van der Waals surface area (Å²) in [6, 6.07) is 8.63. The fourth-order valence-corrected chi connectivity index (χ4v) is 3.50. The number of rotatable bonds is 1. The lowest BCUT2D eigenvalue weighted by molar-refractivity contribution is -0.133. The Balaban J connectivity index is 1.87. The van der Waals surface area contributed by atoms with Gasteiger partial charge in [-0.15, -0.1) is 0 Å². The van der Waals surface area contributed by atoms with Crippen molar-refractivity contribution < 1.29 is 4.79 Å². The highest BCUT2D eigenvalue weighted by Gasteiger charge is 2.40. The Kier molecular flexibility index (Phi) is 3.39. The molecular formula is C14H17BrN2O. The lowest BCUT2D eigenvalue weighted by Crippen LogP contribution is -2.55. The summed E-state index contributed by atoms with van der Waals surface area (Å²) in [6.07, 6.45) is 4.60. The summed E-state index contributed by atoms with van der Waals surface area (Å²) in [5.41, 5.74) is 7.29. The fraction of sp³-hybridized carbons (Fsp3) is 0.500. The van der Waals surface area contributed by atoms with E-state index in [9.17, 15) is 4.79 Å². The van der Waals surface area contributed by atoms with Crippen molar-refractivity contribution in [2.75, 3.05) is 0 Å². The molecule has 2 aliphatic rings. The third-order valence-electron chi connectivity index (χ3n) is 4.16. The molecule has 0 bridgehead atoms.